The van der Waals surface area contributed by atoms with Crippen molar-refractivity contribution in [2.24, 2.45) is 11.3 Å². The van der Waals surface area contributed by atoms with Gasteiger partial charge in [-0.15, -0.1) is 11.8 Å². The van der Waals surface area contributed by atoms with Crippen LogP contribution in [0.15, 0.2) is 60.1 Å². The van der Waals surface area contributed by atoms with Crippen molar-refractivity contribution in [1.29, 1.82) is 0 Å². The van der Waals surface area contributed by atoms with Gasteiger partial charge in [0.05, 0.1) is 13.2 Å². The molecule has 1 heterocycles. The predicted octanol–water partition coefficient (Wildman–Crippen LogP) is 3.85. The Labute approximate surface area is 226 Å². The van der Waals surface area contributed by atoms with Crippen LogP contribution in [0, 0.1) is 23.2 Å². The van der Waals surface area contributed by atoms with Gasteiger partial charge in [0.1, 0.15) is 12.1 Å². The molecule has 0 aromatic heterocycles. The van der Waals surface area contributed by atoms with Gasteiger partial charge in [0.2, 0.25) is 11.8 Å². The number of rotatable bonds is 12. The van der Waals surface area contributed by atoms with E-state index in [0.717, 1.165) is 5.57 Å². The highest BCUT2D eigenvalue weighted by molar-refractivity contribution is 5.93. The molecule has 208 valence electrons. The third-order valence-corrected chi connectivity index (χ3v) is 5.73. The van der Waals surface area contributed by atoms with Gasteiger partial charge in [0.15, 0.2) is 5.76 Å². The Hall–Kier alpha value is -3.57. The van der Waals surface area contributed by atoms with Crippen molar-refractivity contribution >= 4 is 17.8 Å². The van der Waals surface area contributed by atoms with E-state index < -0.39 is 29.4 Å². The summed E-state index contributed by atoms with van der Waals surface area (Å²) in [4.78, 5) is 37.0. The number of carbonyl (C=O) groups is 3. The minimum absolute atomic E-state index is 0.00100. The van der Waals surface area contributed by atoms with Gasteiger partial charge in [-0.1, -0.05) is 63.6 Å². The van der Waals surface area contributed by atoms with E-state index in [4.69, 9.17) is 9.47 Å². The number of esters is 1. The van der Waals surface area contributed by atoms with Crippen molar-refractivity contribution < 1.29 is 29.0 Å². The summed E-state index contributed by atoms with van der Waals surface area (Å²) in [5.41, 5.74) is 0.427. The van der Waals surface area contributed by atoms with Crippen molar-refractivity contribution in [1.82, 2.24) is 10.6 Å². The van der Waals surface area contributed by atoms with E-state index in [0.29, 0.717) is 19.3 Å². The lowest BCUT2D eigenvalue weighted by Crippen LogP contribution is -2.52. The Bertz CT molecular complexity index is 1030. The highest BCUT2D eigenvalue weighted by Gasteiger charge is 2.32. The van der Waals surface area contributed by atoms with Gasteiger partial charge < -0.3 is 25.2 Å². The average molecular weight is 527 g/mol. The molecule has 1 aliphatic rings. The number of aliphatic hydroxyl groups is 1. The molecule has 3 N–H and O–H groups in total. The zero-order valence-electron chi connectivity index (χ0n) is 23.5. The first-order valence-corrected chi connectivity index (χ1v) is 12.7. The van der Waals surface area contributed by atoms with Crippen LogP contribution in [0.3, 0.4) is 0 Å². The Balaban J connectivity index is 2.64. The van der Waals surface area contributed by atoms with Gasteiger partial charge in [-0.05, 0) is 38.0 Å². The number of nitrogens with one attached hydrogen (secondary N) is 2. The summed E-state index contributed by atoms with van der Waals surface area (Å²) in [6.07, 6.45) is 13.9. The summed E-state index contributed by atoms with van der Waals surface area (Å²) >= 11 is 0. The standard InChI is InChI=1S/C30H42N2O6/c1-8-9-14-23(33)15-12-19-31-28(35)27(30(4,5)6)32-26(34)16-11-10-13-21(2)20-22(3)24-17-18-25(37-7)29(36)38-24/h10-13,16,18-20,22-24,27,33H,14-15,17H2,1-7H3,(H,31,35)(H,32,34)/b13-10+,16-11+,19-12+,21-20+/t22-,23-,24?,27?/m1/s1. The smallest absolute Gasteiger partial charge is 0.373 e. The van der Waals surface area contributed by atoms with Crippen LogP contribution in [-0.2, 0) is 23.9 Å². The van der Waals surface area contributed by atoms with Crippen LogP contribution >= 0.6 is 0 Å². The first-order chi connectivity index (χ1) is 17.9. The van der Waals surface area contributed by atoms with Crippen LogP contribution in [-0.4, -0.2) is 48.2 Å². The molecule has 0 saturated heterocycles. The number of allylic oxidation sites excluding steroid dienone is 4. The highest BCUT2D eigenvalue weighted by Crippen LogP contribution is 2.23. The number of aliphatic hydroxyl groups excluding tert-OH is 1. The second-order valence-corrected chi connectivity index (χ2v) is 10.2. The van der Waals surface area contributed by atoms with Crippen molar-refractivity contribution in [3.05, 3.63) is 60.1 Å². The third-order valence-electron chi connectivity index (χ3n) is 5.73. The molecule has 0 radical (unpaired) electrons. The third kappa shape index (κ3) is 12.1. The molecule has 0 aromatic rings. The summed E-state index contributed by atoms with van der Waals surface area (Å²) in [6, 6.07) is -0.766. The molecule has 0 saturated carbocycles. The van der Waals surface area contributed by atoms with Crippen LogP contribution < -0.4 is 10.6 Å². The minimum Gasteiger partial charge on any atom is -0.490 e. The summed E-state index contributed by atoms with van der Waals surface area (Å²) in [6.45, 7) is 11.2. The molecule has 8 nitrogen and oxygen atoms in total. The van der Waals surface area contributed by atoms with Crippen molar-refractivity contribution in [2.45, 2.75) is 79.1 Å². The molecule has 2 unspecified atom stereocenters. The molecule has 0 spiro atoms. The second-order valence-electron chi connectivity index (χ2n) is 10.2. The Kier molecular flexibility index (Phi) is 13.9. The maximum Gasteiger partial charge on any atom is 0.373 e. The monoisotopic (exact) mass is 526 g/mol. The summed E-state index contributed by atoms with van der Waals surface area (Å²) in [5, 5.41) is 15.2. The summed E-state index contributed by atoms with van der Waals surface area (Å²) in [7, 11) is 1.44. The van der Waals surface area contributed by atoms with Gasteiger partial charge in [0.25, 0.3) is 0 Å². The van der Waals surface area contributed by atoms with Gasteiger partial charge in [0, 0.05) is 24.8 Å². The predicted molar refractivity (Wildman–Crippen MR) is 148 cm³/mol. The van der Waals surface area contributed by atoms with Crippen molar-refractivity contribution in [3.8, 4) is 11.8 Å². The Morgan fingerprint density at radius 1 is 1.29 bits per heavy atom. The molecule has 1 rings (SSSR count). The van der Waals surface area contributed by atoms with E-state index >= 15 is 0 Å². The SMILES string of the molecule is CC#CC[C@@H](O)C/C=C/NC(=O)C(NC(=O)/C=C/C=C/C(C)=C/[C@@H](C)C1CC=C(OC)C(=O)O1)C(C)(C)C. The molecule has 2 amide bonds. The lowest BCUT2D eigenvalue weighted by Gasteiger charge is -2.29. The maximum atomic E-state index is 12.7. The molecular formula is C30H42N2O6. The van der Waals surface area contributed by atoms with Gasteiger partial charge >= 0.3 is 5.97 Å². The van der Waals surface area contributed by atoms with Crippen LogP contribution in [0.25, 0.3) is 0 Å². The largest absolute Gasteiger partial charge is 0.490 e. The zero-order valence-corrected chi connectivity index (χ0v) is 23.5. The van der Waals surface area contributed by atoms with Gasteiger partial charge in [-0.3, -0.25) is 9.59 Å². The normalized spacial score (nSPS) is 18.8. The Morgan fingerprint density at radius 2 is 1.97 bits per heavy atom. The van der Waals surface area contributed by atoms with Crippen LogP contribution in [0.5, 0.6) is 0 Å². The fourth-order valence-corrected chi connectivity index (χ4v) is 3.59. The molecule has 0 aromatic carbocycles. The minimum atomic E-state index is -0.766. The molecule has 0 aliphatic carbocycles. The van der Waals surface area contributed by atoms with E-state index in [9.17, 15) is 19.5 Å². The van der Waals surface area contributed by atoms with Crippen LogP contribution in [0.1, 0.15) is 60.8 Å². The number of amides is 2. The molecule has 1 aliphatic heterocycles. The number of carbonyl (C=O) groups excluding carboxylic acids is 3. The van der Waals surface area contributed by atoms with E-state index in [1.807, 2.05) is 46.8 Å². The molecule has 4 atom stereocenters. The highest BCUT2D eigenvalue weighted by atomic mass is 16.6. The van der Waals surface area contributed by atoms with E-state index in [-0.39, 0.29) is 23.7 Å². The maximum absolute atomic E-state index is 12.7. The number of ether oxygens (including phenoxy) is 2. The first kappa shape index (κ1) is 32.5. The van der Waals surface area contributed by atoms with E-state index in [1.54, 1.807) is 31.2 Å². The van der Waals surface area contributed by atoms with E-state index in [2.05, 4.69) is 22.5 Å². The molecular weight excluding hydrogens is 484 g/mol. The second kappa shape index (κ2) is 16.3. The van der Waals surface area contributed by atoms with E-state index in [1.165, 1.54) is 19.4 Å². The fourth-order valence-electron chi connectivity index (χ4n) is 3.59. The number of cyclic esters (lactones) is 1. The van der Waals surface area contributed by atoms with Crippen LogP contribution in [0.2, 0.25) is 0 Å². The van der Waals surface area contributed by atoms with Crippen molar-refractivity contribution in [2.75, 3.05) is 7.11 Å². The lowest BCUT2D eigenvalue weighted by molar-refractivity contribution is -0.151. The molecule has 0 fully saturated rings. The molecule has 38 heavy (non-hydrogen) atoms. The average Bonchev–Trinajstić information content (AvgIpc) is 2.85. The molecule has 8 heteroatoms. The summed E-state index contributed by atoms with van der Waals surface area (Å²) < 4.78 is 10.4. The Morgan fingerprint density at radius 3 is 2.58 bits per heavy atom. The number of methoxy groups -OCH3 is 1. The van der Waals surface area contributed by atoms with Crippen molar-refractivity contribution in [3.63, 3.8) is 0 Å². The quantitative estimate of drug-likeness (QED) is 0.154. The zero-order chi connectivity index (χ0) is 28.7. The van der Waals surface area contributed by atoms with Gasteiger partial charge in [-0.25, -0.2) is 4.79 Å². The molecule has 0 bridgehead atoms. The fraction of sp³-hybridized carbons (Fsp3) is 0.500. The number of hydrogen-bond donors (Lipinski definition) is 3. The lowest BCUT2D eigenvalue weighted by atomic mass is 9.86. The topological polar surface area (TPSA) is 114 Å². The number of hydrogen-bond acceptors (Lipinski definition) is 6. The van der Waals surface area contributed by atoms with Gasteiger partial charge in [-0.2, -0.15) is 0 Å². The first-order valence-electron chi connectivity index (χ1n) is 12.7. The van der Waals surface area contributed by atoms with Crippen LogP contribution in [0.4, 0.5) is 0 Å². The summed E-state index contributed by atoms with van der Waals surface area (Å²) in [5.74, 6) is 4.56.